The number of halogens is 1. The molecule has 0 spiro atoms. The van der Waals surface area contributed by atoms with Crippen LogP contribution in [0.4, 0.5) is 0 Å². The molecule has 1 aromatic heterocycles. The second-order valence-corrected chi connectivity index (χ2v) is 7.25. The number of rotatable bonds is 7. The Labute approximate surface area is 157 Å². The van der Waals surface area contributed by atoms with Gasteiger partial charge in [0.2, 0.25) is 11.8 Å². The zero-order valence-electron chi connectivity index (χ0n) is 14.6. The van der Waals surface area contributed by atoms with E-state index in [9.17, 15) is 9.59 Å². The third-order valence-corrected chi connectivity index (χ3v) is 4.69. The summed E-state index contributed by atoms with van der Waals surface area (Å²) >= 11 is 7.38. The molecule has 1 N–H and O–H groups in total. The molecule has 1 heterocycles. The summed E-state index contributed by atoms with van der Waals surface area (Å²) in [5.41, 5.74) is 1.68. The largest absolute Gasteiger partial charge is 0.352 e. The number of carbonyl (C=O) groups excluding carboxylic acids is 2. The van der Waals surface area contributed by atoms with E-state index in [1.807, 2.05) is 50.4 Å². The van der Waals surface area contributed by atoms with E-state index in [4.69, 9.17) is 11.6 Å². The summed E-state index contributed by atoms with van der Waals surface area (Å²) in [6.45, 7) is 6.20. The zero-order valence-corrected chi connectivity index (χ0v) is 16.2. The van der Waals surface area contributed by atoms with E-state index in [2.05, 4.69) is 10.3 Å². The van der Waals surface area contributed by atoms with Crippen LogP contribution in [0.1, 0.15) is 26.5 Å². The summed E-state index contributed by atoms with van der Waals surface area (Å²) in [4.78, 5) is 30.4. The molecular formula is C18H22ClN3O2S. The monoisotopic (exact) mass is 379 g/mol. The van der Waals surface area contributed by atoms with Gasteiger partial charge in [-0.05, 0) is 32.9 Å². The van der Waals surface area contributed by atoms with Crippen LogP contribution < -0.4 is 5.32 Å². The van der Waals surface area contributed by atoms with E-state index in [0.717, 1.165) is 10.6 Å². The predicted octanol–water partition coefficient (Wildman–Crippen LogP) is 3.38. The van der Waals surface area contributed by atoms with Gasteiger partial charge < -0.3 is 10.2 Å². The minimum Gasteiger partial charge on any atom is -0.352 e. The van der Waals surface area contributed by atoms with Gasteiger partial charge in [0, 0.05) is 28.6 Å². The molecule has 0 bridgehead atoms. The molecule has 0 aliphatic heterocycles. The molecule has 1 aromatic carbocycles. The molecule has 0 fully saturated rings. The Morgan fingerprint density at radius 2 is 1.96 bits per heavy atom. The van der Waals surface area contributed by atoms with Gasteiger partial charge in [-0.3, -0.25) is 9.59 Å². The number of likely N-dealkylation sites (N-methyl/N-ethyl adjacent to an activating group) is 1. The maximum atomic E-state index is 12.4. The third-order valence-electron chi connectivity index (χ3n) is 3.49. The molecule has 0 aliphatic carbocycles. The van der Waals surface area contributed by atoms with Gasteiger partial charge in [-0.25, -0.2) is 4.98 Å². The number of amides is 2. The molecule has 25 heavy (non-hydrogen) atoms. The Bertz CT molecular complexity index is 728. The molecule has 2 aromatic rings. The Kier molecular flexibility index (Phi) is 6.96. The maximum absolute atomic E-state index is 12.4. The van der Waals surface area contributed by atoms with E-state index >= 15 is 0 Å². The highest BCUT2D eigenvalue weighted by Crippen LogP contribution is 2.25. The number of benzene rings is 1. The lowest BCUT2D eigenvalue weighted by Gasteiger charge is -2.20. The number of nitrogens with one attached hydrogen (secondary N) is 1. The van der Waals surface area contributed by atoms with Gasteiger partial charge in [-0.1, -0.05) is 23.7 Å². The van der Waals surface area contributed by atoms with Crippen molar-refractivity contribution in [3.8, 4) is 10.6 Å². The first-order chi connectivity index (χ1) is 11.9. The summed E-state index contributed by atoms with van der Waals surface area (Å²) in [6, 6.07) is 7.49. The molecule has 0 saturated heterocycles. The molecule has 0 unspecified atom stereocenters. The lowest BCUT2D eigenvalue weighted by Crippen LogP contribution is -2.43. The standard InChI is InChI=1S/C18H22ClN3O2S/c1-4-22(10-16(23)20-12(2)3)17(24)9-15-11-25-18(21-15)13-5-7-14(19)8-6-13/h5-8,11-12H,4,9-10H2,1-3H3,(H,20,23). The van der Waals surface area contributed by atoms with Gasteiger partial charge in [0.15, 0.2) is 0 Å². The molecule has 0 aliphatic rings. The number of aromatic nitrogens is 1. The van der Waals surface area contributed by atoms with Crippen molar-refractivity contribution in [1.29, 1.82) is 0 Å². The zero-order chi connectivity index (χ0) is 18.4. The summed E-state index contributed by atoms with van der Waals surface area (Å²) in [5, 5.41) is 6.20. The molecule has 7 heteroatoms. The van der Waals surface area contributed by atoms with Gasteiger partial charge in [0.05, 0.1) is 18.7 Å². The summed E-state index contributed by atoms with van der Waals surface area (Å²) in [6.07, 6.45) is 0.187. The second-order valence-electron chi connectivity index (χ2n) is 5.96. The lowest BCUT2D eigenvalue weighted by atomic mass is 10.2. The molecule has 2 amide bonds. The van der Waals surface area contributed by atoms with Gasteiger partial charge in [-0.2, -0.15) is 0 Å². The minimum atomic E-state index is -0.148. The molecule has 134 valence electrons. The van der Waals surface area contributed by atoms with Crippen molar-refractivity contribution < 1.29 is 9.59 Å². The molecule has 2 rings (SSSR count). The highest BCUT2D eigenvalue weighted by atomic mass is 35.5. The Morgan fingerprint density at radius 1 is 1.28 bits per heavy atom. The van der Waals surface area contributed by atoms with Crippen LogP contribution in [0, 0.1) is 0 Å². The number of nitrogens with zero attached hydrogens (tertiary/aromatic N) is 2. The summed E-state index contributed by atoms with van der Waals surface area (Å²) < 4.78 is 0. The third kappa shape index (κ3) is 5.83. The molecule has 0 saturated carbocycles. The van der Waals surface area contributed by atoms with Crippen molar-refractivity contribution in [2.45, 2.75) is 33.2 Å². The first-order valence-electron chi connectivity index (χ1n) is 8.16. The number of thiazole rings is 1. The summed E-state index contributed by atoms with van der Waals surface area (Å²) in [5.74, 6) is -0.250. The first-order valence-corrected chi connectivity index (χ1v) is 9.42. The van der Waals surface area contributed by atoms with Crippen LogP contribution >= 0.6 is 22.9 Å². The van der Waals surface area contributed by atoms with Crippen LogP contribution in [0.5, 0.6) is 0 Å². The Hall–Kier alpha value is -1.92. The van der Waals surface area contributed by atoms with Crippen molar-refractivity contribution in [3.63, 3.8) is 0 Å². The first kappa shape index (κ1) is 19.4. The molecule has 0 radical (unpaired) electrons. The van der Waals surface area contributed by atoms with Gasteiger partial charge >= 0.3 is 0 Å². The maximum Gasteiger partial charge on any atom is 0.239 e. The van der Waals surface area contributed by atoms with E-state index in [0.29, 0.717) is 17.3 Å². The van der Waals surface area contributed by atoms with Gasteiger partial charge in [0.1, 0.15) is 5.01 Å². The summed E-state index contributed by atoms with van der Waals surface area (Å²) in [7, 11) is 0. The fourth-order valence-electron chi connectivity index (χ4n) is 2.30. The Balaban J connectivity index is 1.99. The van der Waals surface area contributed by atoms with Crippen LogP contribution in [-0.2, 0) is 16.0 Å². The van der Waals surface area contributed by atoms with E-state index < -0.39 is 0 Å². The van der Waals surface area contributed by atoms with Crippen LogP contribution in [0.2, 0.25) is 5.02 Å². The average Bonchev–Trinajstić information content (AvgIpc) is 3.01. The van der Waals surface area contributed by atoms with Crippen molar-refractivity contribution >= 4 is 34.8 Å². The fraction of sp³-hybridized carbons (Fsp3) is 0.389. The highest BCUT2D eigenvalue weighted by molar-refractivity contribution is 7.13. The molecular weight excluding hydrogens is 358 g/mol. The van der Waals surface area contributed by atoms with Crippen LogP contribution in [0.25, 0.3) is 10.6 Å². The molecule has 5 nitrogen and oxygen atoms in total. The number of hydrogen-bond acceptors (Lipinski definition) is 4. The van der Waals surface area contributed by atoms with Crippen molar-refractivity contribution in [2.75, 3.05) is 13.1 Å². The quantitative estimate of drug-likeness (QED) is 0.802. The smallest absolute Gasteiger partial charge is 0.239 e. The van der Waals surface area contributed by atoms with Crippen LogP contribution in [0.3, 0.4) is 0 Å². The van der Waals surface area contributed by atoms with Crippen molar-refractivity contribution in [2.24, 2.45) is 0 Å². The van der Waals surface area contributed by atoms with Crippen LogP contribution in [-0.4, -0.2) is 40.8 Å². The highest BCUT2D eigenvalue weighted by Gasteiger charge is 2.18. The lowest BCUT2D eigenvalue weighted by molar-refractivity contribution is -0.135. The predicted molar refractivity (Wildman–Crippen MR) is 102 cm³/mol. The number of hydrogen-bond donors (Lipinski definition) is 1. The second kappa shape index (κ2) is 8.97. The van der Waals surface area contributed by atoms with Crippen molar-refractivity contribution in [3.05, 3.63) is 40.4 Å². The average molecular weight is 380 g/mol. The van der Waals surface area contributed by atoms with Crippen molar-refractivity contribution in [1.82, 2.24) is 15.2 Å². The minimum absolute atomic E-state index is 0.0572. The van der Waals surface area contributed by atoms with E-state index in [1.54, 1.807) is 4.90 Å². The van der Waals surface area contributed by atoms with E-state index in [-0.39, 0.29) is 30.8 Å². The Morgan fingerprint density at radius 3 is 2.56 bits per heavy atom. The van der Waals surface area contributed by atoms with Crippen LogP contribution in [0.15, 0.2) is 29.6 Å². The topological polar surface area (TPSA) is 62.3 Å². The SMILES string of the molecule is CCN(CC(=O)NC(C)C)C(=O)Cc1csc(-c2ccc(Cl)cc2)n1. The fourth-order valence-corrected chi connectivity index (χ4v) is 3.25. The normalized spacial score (nSPS) is 10.8. The van der Waals surface area contributed by atoms with Gasteiger partial charge in [0.25, 0.3) is 0 Å². The molecule has 0 atom stereocenters. The van der Waals surface area contributed by atoms with Gasteiger partial charge in [-0.15, -0.1) is 11.3 Å². The van der Waals surface area contributed by atoms with E-state index in [1.165, 1.54) is 11.3 Å². The number of carbonyl (C=O) groups is 2.